The number of aryl methyl sites for hydroxylation is 1. The van der Waals surface area contributed by atoms with Crippen LogP contribution in [0.3, 0.4) is 0 Å². The van der Waals surface area contributed by atoms with Crippen molar-refractivity contribution >= 4 is 0 Å². The summed E-state index contributed by atoms with van der Waals surface area (Å²) in [5.74, 6) is 1.47. The van der Waals surface area contributed by atoms with Crippen molar-refractivity contribution in [2.24, 2.45) is 24.4 Å². The highest BCUT2D eigenvalue weighted by Crippen LogP contribution is 2.36. The molecule has 0 bridgehead atoms. The molecule has 0 aliphatic heterocycles. The molecule has 2 aliphatic carbocycles. The molecular formula is C17H25N7. The third-order valence-corrected chi connectivity index (χ3v) is 5.39. The summed E-state index contributed by atoms with van der Waals surface area (Å²) in [4.78, 5) is 9.24. The van der Waals surface area contributed by atoms with Gasteiger partial charge in [0.1, 0.15) is 11.5 Å². The van der Waals surface area contributed by atoms with Crippen molar-refractivity contribution in [3.8, 4) is 11.4 Å². The Labute approximate surface area is 141 Å². The molecule has 0 unspecified atom stereocenters. The number of rotatable bonds is 4. The molecule has 4 N–H and O–H groups in total. The minimum Gasteiger partial charge on any atom is -0.328 e. The lowest BCUT2D eigenvalue weighted by Crippen LogP contribution is -2.44. The van der Waals surface area contributed by atoms with Gasteiger partial charge in [0.25, 0.3) is 0 Å². The maximum absolute atomic E-state index is 6.60. The zero-order chi connectivity index (χ0) is 16.7. The van der Waals surface area contributed by atoms with E-state index in [4.69, 9.17) is 16.5 Å². The predicted octanol–water partition coefficient (Wildman–Crippen LogP) is 1.28. The number of nitrogens with two attached hydrogens (primary N) is 2. The number of nitrogens with zero attached hydrogens (tertiary/aromatic N) is 5. The van der Waals surface area contributed by atoms with Gasteiger partial charge in [0, 0.05) is 19.3 Å². The second-order valence-electron chi connectivity index (χ2n) is 7.41. The summed E-state index contributed by atoms with van der Waals surface area (Å²) in [5, 5.41) is 8.55. The minimum atomic E-state index is -0.481. The molecule has 2 aromatic rings. The summed E-state index contributed by atoms with van der Waals surface area (Å²) in [6, 6.07) is 2.15. The lowest BCUT2D eigenvalue weighted by Gasteiger charge is -2.34. The Balaban J connectivity index is 1.66. The normalized spacial score (nSPS) is 27.4. The highest BCUT2D eigenvalue weighted by atomic mass is 15.4. The fourth-order valence-electron chi connectivity index (χ4n) is 3.51. The molecule has 4 rings (SSSR count). The first kappa shape index (κ1) is 15.7. The van der Waals surface area contributed by atoms with Crippen LogP contribution in [0.25, 0.3) is 11.4 Å². The summed E-state index contributed by atoms with van der Waals surface area (Å²) in [6.07, 6.45) is 8.89. The van der Waals surface area contributed by atoms with Gasteiger partial charge in [0.05, 0.1) is 16.9 Å². The van der Waals surface area contributed by atoms with Gasteiger partial charge in [-0.15, -0.1) is 5.10 Å². The third-order valence-electron chi connectivity index (χ3n) is 5.39. The Hall–Kier alpha value is -1.86. The average molecular weight is 327 g/mol. The lowest BCUT2D eigenvalue weighted by molar-refractivity contribution is 0.264. The maximum Gasteiger partial charge on any atom is 0.148 e. The minimum absolute atomic E-state index is 0.245. The van der Waals surface area contributed by atoms with Crippen LogP contribution < -0.4 is 11.5 Å². The van der Waals surface area contributed by atoms with Gasteiger partial charge in [0.2, 0.25) is 0 Å². The topological polar surface area (TPSA) is 109 Å². The molecule has 7 heteroatoms. The molecule has 0 radical (unpaired) electrons. The first-order valence-corrected chi connectivity index (χ1v) is 8.82. The van der Waals surface area contributed by atoms with E-state index in [1.807, 2.05) is 17.8 Å². The highest BCUT2D eigenvalue weighted by Gasteiger charge is 2.35. The van der Waals surface area contributed by atoms with Crippen LogP contribution in [-0.4, -0.2) is 31.0 Å². The predicted molar refractivity (Wildman–Crippen MR) is 90.8 cm³/mol. The van der Waals surface area contributed by atoms with Gasteiger partial charge in [-0.05, 0) is 56.9 Å². The maximum atomic E-state index is 6.60. The van der Waals surface area contributed by atoms with E-state index in [0.29, 0.717) is 5.82 Å². The molecule has 128 valence electrons. The largest absolute Gasteiger partial charge is 0.328 e. The van der Waals surface area contributed by atoms with E-state index in [1.54, 1.807) is 6.20 Å². The summed E-state index contributed by atoms with van der Waals surface area (Å²) >= 11 is 0. The molecule has 2 saturated carbocycles. The van der Waals surface area contributed by atoms with Gasteiger partial charge in [-0.3, -0.25) is 4.68 Å². The van der Waals surface area contributed by atoms with E-state index in [-0.39, 0.29) is 6.04 Å². The van der Waals surface area contributed by atoms with Crippen LogP contribution in [0.5, 0.6) is 0 Å². The quantitative estimate of drug-likeness (QED) is 0.875. The van der Waals surface area contributed by atoms with Gasteiger partial charge in [-0.2, -0.15) is 0 Å². The van der Waals surface area contributed by atoms with Crippen LogP contribution in [-0.2, 0) is 19.0 Å². The molecule has 0 spiro atoms. The van der Waals surface area contributed by atoms with Gasteiger partial charge in [-0.1, -0.05) is 5.21 Å². The smallest absolute Gasteiger partial charge is 0.148 e. The van der Waals surface area contributed by atoms with Crippen LogP contribution in [0.2, 0.25) is 0 Å². The van der Waals surface area contributed by atoms with Gasteiger partial charge >= 0.3 is 0 Å². The van der Waals surface area contributed by atoms with E-state index in [0.717, 1.165) is 55.1 Å². The van der Waals surface area contributed by atoms with Gasteiger partial charge in [-0.25, -0.2) is 9.97 Å². The van der Waals surface area contributed by atoms with Gasteiger partial charge in [0.15, 0.2) is 0 Å². The first-order chi connectivity index (χ1) is 11.5. The SMILES string of the molecule is Cn1nnc(-c2ccnc(C3(N)CCC(N)CC3)n2)c1CC1CC1. The van der Waals surface area contributed by atoms with E-state index >= 15 is 0 Å². The number of hydrogen-bond donors (Lipinski definition) is 2. The number of aromatic nitrogens is 5. The second kappa shape index (κ2) is 5.89. The first-order valence-electron chi connectivity index (χ1n) is 8.82. The Morgan fingerprint density at radius 1 is 1.25 bits per heavy atom. The van der Waals surface area contributed by atoms with Crippen LogP contribution in [0.4, 0.5) is 0 Å². The summed E-state index contributed by atoms with van der Waals surface area (Å²) in [7, 11) is 1.95. The van der Waals surface area contributed by atoms with Crippen molar-refractivity contribution in [1.82, 2.24) is 25.0 Å². The Morgan fingerprint density at radius 2 is 2.00 bits per heavy atom. The van der Waals surface area contributed by atoms with Crippen molar-refractivity contribution in [3.63, 3.8) is 0 Å². The van der Waals surface area contributed by atoms with Crippen molar-refractivity contribution < 1.29 is 0 Å². The molecule has 2 heterocycles. The van der Waals surface area contributed by atoms with E-state index in [2.05, 4.69) is 15.3 Å². The van der Waals surface area contributed by atoms with Crippen LogP contribution in [0.1, 0.15) is 50.0 Å². The summed E-state index contributed by atoms with van der Waals surface area (Å²) in [6.45, 7) is 0. The lowest BCUT2D eigenvalue weighted by atomic mass is 9.80. The van der Waals surface area contributed by atoms with Crippen LogP contribution >= 0.6 is 0 Å². The van der Waals surface area contributed by atoms with E-state index in [1.165, 1.54) is 12.8 Å². The molecule has 0 atom stereocenters. The van der Waals surface area contributed by atoms with Crippen LogP contribution in [0.15, 0.2) is 12.3 Å². The van der Waals surface area contributed by atoms with E-state index in [9.17, 15) is 0 Å². The van der Waals surface area contributed by atoms with E-state index < -0.39 is 5.54 Å². The standard InChI is InChI=1S/C17H25N7/c1-24-14(10-11-2-3-11)15(22-23-24)13-6-9-20-16(21-13)17(19)7-4-12(18)5-8-17/h6,9,11-12H,2-5,7-8,10,18-19H2,1H3. The fraction of sp³-hybridized carbons (Fsp3) is 0.647. The van der Waals surface area contributed by atoms with Crippen molar-refractivity contribution in [1.29, 1.82) is 0 Å². The Bertz CT molecular complexity index is 726. The molecule has 0 amide bonds. The van der Waals surface area contributed by atoms with Crippen molar-refractivity contribution in [2.75, 3.05) is 0 Å². The fourth-order valence-corrected chi connectivity index (χ4v) is 3.51. The van der Waals surface area contributed by atoms with Crippen molar-refractivity contribution in [3.05, 3.63) is 23.8 Å². The molecule has 0 saturated heterocycles. The second-order valence-corrected chi connectivity index (χ2v) is 7.41. The zero-order valence-electron chi connectivity index (χ0n) is 14.1. The monoisotopic (exact) mass is 327 g/mol. The zero-order valence-corrected chi connectivity index (χ0v) is 14.1. The van der Waals surface area contributed by atoms with Crippen LogP contribution in [0, 0.1) is 5.92 Å². The average Bonchev–Trinajstić information content (AvgIpc) is 3.34. The third kappa shape index (κ3) is 2.93. The summed E-state index contributed by atoms with van der Waals surface area (Å²) < 4.78 is 1.87. The number of hydrogen-bond acceptors (Lipinski definition) is 6. The van der Waals surface area contributed by atoms with Gasteiger partial charge < -0.3 is 11.5 Å². The molecule has 24 heavy (non-hydrogen) atoms. The molecule has 2 aliphatic rings. The Morgan fingerprint density at radius 3 is 2.71 bits per heavy atom. The molecular weight excluding hydrogens is 302 g/mol. The summed E-state index contributed by atoms with van der Waals surface area (Å²) in [5.41, 5.74) is 15.0. The molecule has 2 fully saturated rings. The van der Waals surface area contributed by atoms with Crippen molar-refractivity contribution in [2.45, 2.75) is 56.5 Å². The molecule has 7 nitrogen and oxygen atoms in total. The Kier molecular flexibility index (Phi) is 3.85. The highest BCUT2D eigenvalue weighted by molar-refractivity contribution is 5.56. The molecule has 2 aromatic heterocycles. The molecule has 0 aromatic carbocycles.